The number of rotatable bonds is 2. The number of halogens is 1. The standard InChI is InChI=1S/C9H14BrNOSi/c1-13(2,3)12-7-4-5-8(10)9(11)6-7/h4-6H,11H2,1-3H3. The van der Waals surface area contributed by atoms with Gasteiger partial charge in [-0.3, -0.25) is 0 Å². The lowest BCUT2D eigenvalue weighted by Gasteiger charge is -2.19. The third-order valence-electron chi connectivity index (χ3n) is 1.39. The number of nitrogen functional groups attached to an aromatic ring is 1. The van der Waals surface area contributed by atoms with E-state index >= 15 is 0 Å². The molecule has 13 heavy (non-hydrogen) atoms. The molecule has 0 heterocycles. The molecule has 0 aromatic heterocycles. The summed E-state index contributed by atoms with van der Waals surface area (Å²) in [6, 6.07) is 5.69. The maximum atomic E-state index is 5.78. The van der Waals surface area contributed by atoms with Crippen LogP contribution in [0, 0.1) is 0 Å². The van der Waals surface area contributed by atoms with E-state index < -0.39 is 8.32 Å². The van der Waals surface area contributed by atoms with Crippen LogP contribution in [0.2, 0.25) is 19.6 Å². The zero-order valence-electron chi connectivity index (χ0n) is 8.10. The van der Waals surface area contributed by atoms with Crippen molar-refractivity contribution >= 4 is 29.9 Å². The summed E-state index contributed by atoms with van der Waals surface area (Å²) in [7, 11) is -1.51. The van der Waals surface area contributed by atoms with Gasteiger partial charge < -0.3 is 10.2 Å². The first-order chi connectivity index (χ1) is 5.88. The Bertz CT molecular complexity index is 309. The Hall–Kier alpha value is -0.483. The Morgan fingerprint density at radius 2 is 1.92 bits per heavy atom. The molecule has 0 amide bonds. The molecule has 0 saturated carbocycles. The Kier molecular flexibility index (Phi) is 3.03. The van der Waals surface area contributed by atoms with Gasteiger partial charge in [0, 0.05) is 16.2 Å². The molecule has 0 saturated heterocycles. The highest BCUT2D eigenvalue weighted by atomic mass is 79.9. The Morgan fingerprint density at radius 3 is 2.38 bits per heavy atom. The van der Waals surface area contributed by atoms with Crippen LogP contribution in [0.3, 0.4) is 0 Å². The van der Waals surface area contributed by atoms with Crippen LogP contribution in [0.4, 0.5) is 5.69 Å². The van der Waals surface area contributed by atoms with Crippen LogP contribution >= 0.6 is 15.9 Å². The van der Waals surface area contributed by atoms with Gasteiger partial charge in [-0.05, 0) is 47.7 Å². The smallest absolute Gasteiger partial charge is 0.242 e. The molecule has 2 N–H and O–H groups in total. The van der Waals surface area contributed by atoms with Gasteiger partial charge in [0.2, 0.25) is 8.32 Å². The van der Waals surface area contributed by atoms with Crippen molar-refractivity contribution in [3.05, 3.63) is 22.7 Å². The first kappa shape index (κ1) is 10.6. The van der Waals surface area contributed by atoms with Gasteiger partial charge in [-0.1, -0.05) is 0 Å². The monoisotopic (exact) mass is 259 g/mol. The van der Waals surface area contributed by atoms with E-state index in [1.807, 2.05) is 18.2 Å². The van der Waals surface area contributed by atoms with Crippen LogP contribution < -0.4 is 10.2 Å². The quantitative estimate of drug-likeness (QED) is 0.654. The number of nitrogens with two attached hydrogens (primary N) is 1. The molecule has 0 atom stereocenters. The maximum Gasteiger partial charge on any atom is 0.242 e. The van der Waals surface area contributed by atoms with E-state index in [0.717, 1.165) is 15.9 Å². The largest absolute Gasteiger partial charge is 0.544 e. The third-order valence-corrected chi connectivity index (χ3v) is 2.96. The molecule has 1 aromatic carbocycles. The molecule has 0 spiro atoms. The molecular weight excluding hydrogens is 246 g/mol. The highest BCUT2D eigenvalue weighted by Gasteiger charge is 2.16. The predicted molar refractivity (Wildman–Crippen MR) is 62.5 cm³/mol. The van der Waals surface area contributed by atoms with Crippen molar-refractivity contribution in [2.45, 2.75) is 19.6 Å². The predicted octanol–water partition coefficient (Wildman–Crippen LogP) is 3.25. The SMILES string of the molecule is C[Si](C)(C)Oc1ccc(Br)c(N)c1. The molecule has 4 heteroatoms. The molecule has 0 fully saturated rings. The van der Waals surface area contributed by atoms with Crippen molar-refractivity contribution in [3.63, 3.8) is 0 Å². The summed E-state index contributed by atoms with van der Waals surface area (Å²) >= 11 is 3.34. The van der Waals surface area contributed by atoms with Crippen molar-refractivity contribution in [2.75, 3.05) is 5.73 Å². The summed E-state index contributed by atoms with van der Waals surface area (Å²) in [5, 5.41) is 0. The molecule has 0 radical (unpaired) electrons. The molecule has 0 aliphatic carbocycles. The first-order valence-corrected chi connectivity index (χ1v) is 8.33. The minimum Gasteiger partial charge on any atom is -0.544 e. The lowest BCUT2D eigenvalue weighted by molar-refractivity contribution is 0.558. The summed E-state index contributed by atoms with van der Waals surface area (Å²) < 4.78 is 6.69. The average Bonchev–Trinajstić information content (AvgIpc) is 1.94. The number of hydrogen-bond acceptors (Lipinski definition) is 2. The van der Waals surface area contributed by atoms with E-state index in [1.54, 1.807) is 0 Å². The van der Waals surface area contributed by atoms with Gasteiger partial charge in [0.05, 0.1) is 0 Å². The highest BCUT2D eigenvalue weighted by Crippen LogP contribution is 2.25. The molecule has 1 rings (SSSR count). The van der Waals surface area contributed by atoms with E-state index in [1.165, 1.54) is 0 Å². The van der Waals surface area contributed by atoms with Gasteiger partial charge in [-0.2, -0.15) is 0 Å². The lowest BCUT2D eigenvalue weighted by atomic mass is 10.3. The van der Waals surface area contributed by atoms with Gasteiger partial charge in [-0.25, -0.2) is 0 Å². The van der Waals surface area contributed by atoms with Crippen LogP contribution in [0.1, 0.15) is 0 Å². The number of hydrogen-bond donors (Lipinski definition) is 1. The second-order valence-corrected chi connectivity index (χ2v) is 9.18. The minimum absolute atomic E-state index is 0.718. The second-order valence-electron chi connectivity index (χ2n) is 3.90. The molecule has 0 bridgehead atoms. The van der Waals surface area contributed by atoms with Crippen LogP contribution in [0.25, 0.3) is 0 Å². The average molecular weight is 260 g/mol. The van der Waals surface area contributed by atoms with E-state index in [0.29, 0.717) is 0 Å². The Morgan fingerprint density at radius 1 is 1.31 bits per heavy atom. The van der Waals surface area contributed by atoms with Crippen molar-refractivity contribution in [1.82, 2.24) is 0 Å². The summed E-state index contributed by atoms with van der Waals surface area (Å²) in [4.78, 5) is 0. The van der Waals surface area contributed by atoms with Crippen molar-refractivity contribution in [1.29, 1.82) is 0 Å². The summed E-state index contributed by atoms with van der Waals surface area (Å²) in [6.07, 6.45) is 0. The Labute approximate surface area is 88.4 Å². The molecule has 1 aromatic rings. The third kappa shape index (κ3) is 3.40. The minimum atomic E-state index is -1.51. The van der Waals surface area contributed by atoms with Crippen molar-refractivity contribution < 1.29 is 4.43 Å². The maximum absolute atomic E-state index is 5.78. The van der Waals surface area contributed by atoms with Gasteiger partial charge >= 0.3 is 0 Å². The number of benzene rings is 1. The second kappa shape index (κ2) is 3.72. The lowest BCUT2D eigenvalue weighted by Crippen LogP contribution is -2.29. The zero-order valence-corrected chi connectivity index (χ0v) is 10.7. The summed E-state index contributed by atoms with van der Waals surface area (Å²) in [5.41, 5.74) is 6.45. The Balaban J connectivity index is 2.86. The van der Waals surface area contributed by atoms with E-state index in [-0.39, 0.29) is 0 Å². The van der Waals surface area contributed by atoms with Crippen molar-refractivity contribution in [3.8, 4) is 5.75 Å². The summed E-state index contributed by atoms with van der Waals surface area (Å²) in [5.74, 6) is 0.861. The summed E-state index contributed by atoms with van der Waals surface area (Å²) in [6.45, 7) is 6.43. The highest BCUT2D eigenvalue weighted by molar-refractivity contribution is 9.10. The van der Waals surface area contributed by atoms with Crippen LogP contribution in [-0.2, 0) is 0 Å². The molecule has 0 unspecified atom stereocenters. The van der Waals surface area contributed by atoms with Crippen LogP contribution in [-0.4, -0.2) is 8.32 Å². The zero-order chi connectivity index (χ0) is 10.1. The molecule has 72 valence electrons. The van der Waals surface area contributed by atoms with Gasteiger partial charge in [0.15, 0.2) is 0 Å². The van der Waals surface area contributed by atoms with Crippen molar-refractivity contribution in [2.24, 2.45) is 0 Å². The van der Waals surface area contributed by atoms with Gasteiger partial charge in [0.25, 0.3) is 0 Å². The van der Waals surface area contributed by atoms with E-state index in [4.69, 9.17) is 10.2 Å². The molecular formula is C9H14BrNOSi. The fourth-order valence-corrected chi connectivity index (χ4v) is 2.02. The van der Waals surface area contributed by atoms with Gasteiger partial charge in [0.1, 0.15) is 5.75 Å². The normalized spacial score (nSPS) is 11.4. The fraction of sp³-hybridized carbons (Fsp3) is 0.333. The first-order valence-electron chi connectivity index (χ1n) is 4.12. The molecule has 0 aliphatic rings. The van der Waals surface area contributed by atoms with E-state index in [9.17, 15) is 0 Å². The fourth-order valence-electron chi connectivity index (χ4n) is 0.939. The van der Waals surface area contributed by atoms with Gasteiger partial charge in [-0.15, -0.1) is 0 Å². The van der Waals surface area contributed by atoms with Crippen LogP contribution in [0.15, 0.2) is 22.7 Å². The number of anilines is 1. The van der Waals surface area contributed by atoms with E-state index in [2.05, 4.69) is 35.6 Å². The topological polar surface area (TPSA) is 35.2 Å². The van der Waals surface area contributed by atoms with Crippen LogP contribution in [0.5, 0.6) is 5.75 Å². The molecule has 0 aliphatic heterocycles. The molecule has 2 nitrogen and oxygen atoms in total.